The van der Waals surface area contributed by atoms with Crippen molar-refractivity contribution in [1.82, 2.24) is 0 Å². The molecule has 0 aliphatic carbocycles. The molecule has 9 N–H and O–H groups in total. The molecule has 2 aliphatic rings. The van der Waals surface area contributed by atoms with Gasteiger partial charge < -0.3 is 69.6 Å². The summed E-state index contributed by atoms with van der Waals surface area (Å²) >= 11 is 0. The topological polar surface area (TPSA) is 245 Å². The molecule has 15 nitrogen and oxygen atoms in total. The van der Waals surface area contributed by atoms with E-state index < -0.39 is 103 Å². The average molecular weight is 585 g/mol. The van der Waals surface area contributed by atoms with Gasteiger partial charge in [-0.25, -0.2) is 4.79 Å². The summed E-state index contributed by atoms with van der Waals surface area (Å²) in [6, 6.07) is 10.8. The number of esters is 1. The average Bonchev–Trinajstić information content (AvgIpc) is 2.98. The molecule has 41 heavy (non-hydrogen) atoms. The number of aromatic hydroxyl groups is 1. The van der Waals surface area contributed by atoms with Gasteiger partial charge in [0.05, 0.1) is 13.2 Å². The van der Waals surface area contributed by atoms with Crippen LogP contribution in [0.25, 0.3) is 0 Å². The Balaban J connectivity index is 1.65. The smallest absolute Gasteiger partial charge is 0.342 e. The number of benzene rings is 2. The fourth-order valence-corrected chi connectivity index (χ4v) is 4.30. The molecule has 2 fully saturated rings. The molecule has 0 saturated carbocycles. The van der Waals surface area contributed by atoms with Gasteiger partial charge in [0.25, 0.3) is 0 Å². The third-order valence-corrected chi connectivity index (χ3v) is 6.70. The Kier molecular flexibility index (Phi) is 9.98. The first-order valence-electron chi connectivity index (χ1n) is 12.6. The van der Waals surface area contributed by atoms with Crippen LogP contribution < -0.4 is 9.47 Å². The van der Waals surface area contributed by atoms with Crippen molar-refractivity contribution in [2.24, 2.45) is 0 Å². The largest absolute Gasteiger partial charge is 0.504 e. The fourth-order valence-electron chi connectivity index (χ4n) is 4.30. The highest BCUT2D eigenvalue weighted by molar-refractivity contribution is 5.94. The summed E-state index contributed by atoms with van der Waals surface area (Å²) in [6.07, 6.45) is -17.1. The lowest BCUT2D eigenvalue weighted by Crippen LogP contribution is -2.60. The van der Waals surface area contributed by atoms with E-state index in [2.05, 4.69) is 0 Å². The molecule has 0 aromatic heterocycles. The first-order valence-corrected chi connectivity index (χ1v) is 12.6. The van der Waals surface area contributed by atoms with E-state index in [1.807, 2.05) is 0 Å². The Morgan fingerprint density at radius 1 is 0.707 bits per heavy atom. The minimum absolute atomic E-state index is 0.148. The molecule has 0 unspecified atom stereocenters. The van der Waals surface area contributed by atoms with E-state index in [0.29, 0.717) is 5.56 Å². The number of rotatable bonds is 9. The molecule has 10 atom stereocenters. The summed E-state index contributed by atoms with van der Waals surface area (Å²) in [5.41, 5.74) is 0.224. The third kappa shape index (κ3) is 6.54. The van der Waals surface area contributed by atoms with Gasteiger partial charge in [-0.1, -0.05) is 30.3 Å². The van der Waals surface area contributed by atoms with Crippen LogP contribution in [0.15, 0.2) is 42.5 Å². The van der Waals surface area contributed by atoms with Crippen LogP contribution in [0.5, 0.6) is 17.2 Å². The van der Waals surface area contributed by atoms with Crippen LogP contribution in [-0.4, -0.2) is 127 Å². The van der Waals surface area contributed by atoms with Gasteiger partial charge in [0.15, 0.2) is 11.5 Å². The number of hydrogen-bond donors (Lipinski definition) is 9. The summed E-state index contributed by atoms with van der Waals surface area (Å²) in [5, 5.41) is 91.2. The lowest BCUT2D eigenvalue weighted by Gasteiger charge is -2.41. The van der Waals surface area contributed by atoms with E-state index in [9.17, 15) is 50.8 Å². The monoisotopic (exact) mass is 584 g/mol. The number of phenols is 1. The molecule has 4 rings (SSSR count). The first kappa shape index (κ1) is 30.9. The molecule has 2 heterocycles. The highest BCUT2D eigenvalue weighted by Gasteiger charge is 2.47. The second kappa shape index (κ2) is 13.3. The van der Waals surface area contributed by atoms with Gasteiger partial charge in [0.2, 0.25) is 18.3 Å². The normalized spacial score (nSPS) is 33.7. The van der Waals surface area contributed by atoms with Crippen molar-refractivity contribution < 1.29 is 74.4 Å². The van der Waals surface area contributed by atoms with Gasteiger partial charge in [-0.05, 0) is 17.7 Å². The quantitative estimate of drug-likeness (QED) is 0.134. The van der Waals surface area contributed by atoms with Crippen molar-refractivity contribution in [3.63, 3.8) is 0 Å². The molecule has 2 saturated heterocycles. The summed E-state index contributed by atoms with van der Waals surface area (Å²) < 4.78 is 27.1. The number of carbonyl (C=O) groups is 1. The minimum atomic E-state index is -1.92. The number of aliphatic hydroxyl groups is 8. The van der Waals surface area contributed by atoms with Crippen LogP contribution in [0.3, 0.4) is 0 Å². The standard InChI is InChI=1S/C26H32O15/c27-8-14-17(30)19(32)21(34)25(39-14)38-13-7-6-12(24(36)37-10-11-4-2-1-3-5-11)16(29)23(13)41-26-22(35)20(33)18(31)15(9-28)40-26/h1-7,14-15,17-22,25-35H,8-10H2/t14-,15-,17-,18-,19+,20+,21-,22-,25-,26+/m1/s1. The molecule has 0 radical (unpaired) electrons. The summed E-state index contributed by atoms with van der Waals surface area (Å²) in [7, 11) is 0. The molecular weight excluding hydrogens is 552 g/mol. The highest BCUT2D eigenvalue weighted by Crippen LogP contribution is 2.43. The van der Waals surface area contributed by atoms with Crippen LogP contribution >= 0.6 is 0 Å². The van der Waals surface area contributed by atoms with E-state index in [1.165, 1.54) is 0 Å². The van der Waals surface area contributed by atoms with Gasteiger partial charge >= 0.3 is 5.97 Å². The Labute approximate surface area is 232 Å². The molecule has 2 aliphatic heterocycles. The fraction of sp³-hybridized carbons (Fsp3) is 0.500. The van der Waals surface area contributed by atoms with Crippen LogP contribution in [0.1, 0.15) is 15.9 Å². The Morgan fingerprint density at radius 2 is 1.24 bits per heavy atom. The van der Waals surface area contributed by atoms with Crippen molar-refractivity contribution in [2.75, 3.05) is 13.2 Å². The molecule has 0 amide bonds. The summed E-state index contributed by atoms with van der Waals surface area (Å²) in [5.74, 6) is -3.00. The number of phenolic OH excluding ortho intramolecular Hbond substituents is 1. The van der Waals surface area contributed by atoms with Crippen LogP contribution in [0.4, 0.5) is 0 Å². The van der Waals surface area contributed by atoms with Crippen molar-refractivity contribution in [2.45, 2.75) is 68.0 Å². The van der Waals surface area contributed by atoms with Gasteiger partial charge in [0, 0.05) is 0 Å². The van der Waals surface area contributed by atoms with Crippen LogP contribution in [-0.2, 0) is 20.8 Å². The SMILES string of the molecule is O=C(OCc1ccccc1)c1ccc(O[C@@H]2O[C@H](CO)[C@@H](O)[C@H](O)[C@H]2O)c(O[C@@H]2O[C@H](CO)[C@@H](O)[C@H](O)[C@H]2O)c1O. The molecule has 0 bridgehead atoms. The van der Waals surface area contributed by atoms with E-state index in [0.717, 1.165) is 12.1 Å². The van der Waals surface area contributed by atoms with Crippen molar-refractivity contribution in [3.8, 4) is 17.2 Å². The lowest BCUT2D eigenvalue weighted by atomic mass is 9.99. The van der Waals surface area contributed by atoms with E-state index in [4.69, 9.17) is 23.7 Å². The second-order valence-corrected chi connectivity index (χ2v) is 9.48. The maximum absolute atomic E-state index is 12.8. The van der Waals surface area contributed by atoms with Crippen molar-refractivity contribution >= 4 is 5.97 Å². The summed E-state index contributed by atoms with van der Waals surface area (Å²) in [4.78, 5) is 12.8. The zero-order valence-corrected chi connectivity index (χ0v) is 21.4. The number of hydrogen-bond acceptors (Lipinski definition) is 15. The van der Waals surface area contributed by atoms with Gasteiger partial charge in [-0.2, -0.15) is 0 Å². The lowest BCUT2D eigenvalue weighted by molar-refractivity contribution is -0.282. The van der Waals surface area contributed by atoms with Gasteiger partial charge in [-0.3, -0.25) is 0 Å². The maximum Gasteiger partial charge on any atom is 0.342 e. The molecule has 0 spiro atoms. The summed E-state index contributed by atoms with van der Waals surface area (Å²) in [6.45, 7) is -1.68. The third-order valence-electron chi connectivity index (χ3n) is 6.70. The Bertz CT molecular complexity index is 1160. The Morgan fingerprint density at radius 3 is 1.78 bits per heavy atom. The predicted octanol–water partition coefficient (Wildman–Crippen LogP) is -2.89. The molecular formula is C26H32O15. The van der Waals surface area contributed by atoms with Gasteiger partial charge in [0.1, 0.15) is 61.0 Å². The number of aliphatic hydroxyl groups excluding tert-OH is 8. The van der Waals surface area contributed by atoms with Crippen LogP contribution in [0, 0.1) is 0 Å². The molecule has 2 aromatic carbocycles. The van der Waals surface area contributed by atoms with E-state index in [-0.39, 0.29) is 6.61 Å². The van der Waals surface area contributed by atoms with Crippen LogP contribution in [0.2, 0.25) is 0 Å². The zero-order chi connectivity index (χ0) is 29.8. The second-order valence-electron chi connectivity index (χ2n) is 9.48. The van der Waals surface area contributed by atoms with Crippen molar-refractivity contribution in [3.05, 3.63) is 53.6 Å². The number of ether oxygens (including phenoxy) is 5. The Hall–Kier alpha value is -3.09. The molecule has 2 aromatic rings. The predicted molar refractivity (Wildman–Crippen MR) is 132 cm³/mol. The van der Waals surface area contributed by atoms with E-state index >= 15 is 0 Å². The highest BCUT2D eigenvalue weighted by atomic mass is 16.7. The first-order chi connectivity index (χ1) is 19.6. The minimum Gasteiger partial charge on any atom is -0.504 e. The molecule has 226 valence electrons. The maximum atomic E-state index is 12.8. The van der Waals surface area contributed by atoms with Crippen molar-refractivity contribution in [1.29, 1.82) is 0 Å². The number of carbonyl (C=O) groups excluding carboxylic acids is 1. The zero-order valence-electron chi connectivity index (χ0n) is 21.4. The van der Waals surface area contributed by atoms with E-state index in [1.54, 1.807) is 30.3 Å². The van der Waals surface area contributed by atoms with Gasteiger partial charge in [-0.15, -0.1) is 0 Å². The molecule has 15 heteroatoms.